The minimum absolute atomic E-state index is 0.0511. The summed E-state index contributed by atoms with van der Waals surface area (Å²) in [7, 11) is 1.90. The maximum absolute atomic E-state index is 13.1. The molecular weight excluding hydrogens is 272 g/mol. The topological polar surface area (TPSA) is 34.0 Å². The van der Waals surface area contributed by atoms with Gasteiger partial charge < -0.3 is 5.32 Å². The van der Waals surface area contributed by atoms with Gasteiger partial charge in [-0.05, 0) is 49.5 Å². The molecular formula is C19H20N2O. The number of hydrogen-bond donors (Lipinski definition) is 1. The summed E-state index contributed by atoms with van der Waals surface area (Å²) >= 11 is 0. The quantitative estimate of drug-likeness (QED) is 0.803. The van der Waals surface area contributed by atoms with Gasteiger partial charge in [0.15, 0.2) is 0 Å². The second kappa shape index (κ2) is 5.78. The first-order valence-electron chi connectivity index (χ1n) is 7.48. The highest BCUT2D eigenvalue weighted by molar-refractivity contribution is 5.85. The Hall–Kier alpha value is -2.39. The largest absolute Gasteiger partial charge is 0.314 e. The standard InChI is InChI=1S/C19H20N2O/c1-13-7-4-5-10-17(13)21-16(12-20-3)11-15-9-6-8-14(2)18(15)19(21)22/h4-11,20H,12H2,1-3H3. The van der Waals surface area contributed by atoms with Crippen LogP contribution >= 0.6 is 0 Å². The average molecular weight is 292 g/mol. The molecule has 1 heterocycles. The predicted octanol–water partition coefficient (Wildman–Crippen LogP) is 3.33. The summed E-state index contributed by atoms with van der Waals surface area (Å²) in [5, 5.41) is 4.96. The number of aromatic nitrogens is 1. The van der Waals surface area contributed by atoms with Gasteiger partial charge >= 0.3 is 0 Å². The van der Waals surface area contributed by atoms with E-state index in [0.717, 1.165) is 33.3 Å². The van der Waals surface area contributed by atoms with E-state index < -0.39 is 0 Å². The molecule has 3 rings (SSSR count). The molecule has 1 aromatic heterocycles. The number of para-hydroxylation sites is 1. The lowest BCUT2D eigenvalue weighted by Crippen LogP contribution is -2.25. The zero-order valence-electron chi connectivity index (χ0n) is 13.2. The maximum atomic E-state index is 13.1. The van der Waals surface area contributed by atoms with Gasteiger partial charge in [0.25, 0.3) is 5.56 Å². The number of aryl methyl sites for hydroxylation is 2. The third kappa shape index (κ3) is 2.34. The van der Waals surface area contributed by atoms with Gasteiger partial charge in [-0.15, -0.1) is 0 Å². The molecule has 0 bridgehead atoms. The Bertz CT molecular complexity index is 894. The van der Waals surface area contributed by atoms with Crippen LogP contribution in [0.3, 0.4) is 0 Å². The Balaban J connectivity index is 2.44. The zero-order chi connectivity index (χ0) is 15.7. The molecule has 0 saturated carbocycles. The van der Waals surface area contributed by atoms with Crippen molar-refractivity contribution in [1.29, 1.82) is 0 Å². The van der Waals surface area contributed by atoms with E-state index >= 15 is 0 Å². The molecule has 0 spiro atoms. The third-order valence-electron chi connectivity index (χ3n) is 4.05. The van der Waals surface area contributed by atoms with E-state index in [1.54, 1.807) is 0 Å². The van der Waals surface area contributed by atoms with Crippen molar-refractivity contribution in [3.8, 4) is 5.69 Å². The van der Waals surface area contributed by atoms with Crippen LogP contribution in [0.25, 0.3) is 16.5 Å². The fourth-order valence-electron chi connectivity index (χ4n) is 2.98. The molecule has 0 unspecified atom stereocenters. The first-order valence-corrected chi connectivity index (χ1v) is 7.48. The van der Waals surface area contributed by atoms with E-state index in [1.807, 2.05) is 67.9 Å². The molecule has 3 heteroatoms. The van der Waals surface area contributed by atoms with E-state index in [-0.39, 0.29) is 5.56 Å². The molecule has 0 saturated heterocycles. The molecule has 3 aromatic rings. The van der Waals surface area contributed by atoms with Crippen molar-refractivity contribution in [3.63, 3.8) is 0 Å². The second-order valence-corrected chi connectivity index (χ2v) is 5.63. The van der Waals surface area contributed by atoms with Crippen LogP contribution in [0.5, 0.6) is 0 Å². The number of pyridine rings is 1. The summed E-state index contributed by atoms with van der Waals surface area (Å²) in [5.41, 5.74) is 4.08. The SMILES string of the molecule is CNCc1cc2cccc(C)c2c(=O)n1-c1ccccc1C. The van der Waals surface area contributed by atoms with Crippen LogP contribution in [0.15, 0.2) is 53.3 Å². The first kappa shape index (κ1) is 14.5. The fraction of sp³-hybridized carbons (Fsp3) is 0.211. The summed E-state index contributed by atoms with van der Waals surface area (Å²) in [6.45, 7) is 4.67. The number of hydrogen-bond acceptors (Lipinski definition) is 2. The first-order chi connectivity index (χ1) is 10.6. The van der Waals surface area contributed by atoms with E-state index in [2.05, 4.69) is 11.4 Å². The van der Waals surface area contributed by atoms with Crippen LogP contribution in [0.2, 0.25) is 0 Å². The summed E-state index contributed by atoms with van der Waals surface area (Å²) < 4.78 is 1.83. The molecule has 22 heavy (non-hydrogen) atoms. The lowest BCUT2D eigenvalue weighted by Gasteiger charge is -2.17. The number of nitrogens with one attached hydrogen (secondary N) is 1. The van der Waals surface area contributed by atoms with E-state index in [4.69, 9.17) is 0 Å². The van der Waals surface area contributed by atoms with Gasteiger partial charge in [0.1, 0.15) is 0 Å². The van der Waals surface area contributed by atoms with Crippen molar-refractivity contribution in [2.24, 2.45) is 0 Å². The Kier molecular flexibility index (Phi) is 3.82. The van der Waals surface area contributed by atoms with Gasteiger partial charge in [-0.2, -0.15) is 0 Å². The Labute approximate surface area is 130 Å². The summed E-state index contributed by atoms with van der Waals surface area (Å²) in [5.74, 6) is 0. The van der Waals surface area contributed by atoms with Crippen LogP contribution in [0.4, 0.5) is 0 Å². The predicted molar refractivity (Wildman–Crippen MR) is 91.8 cm³/mol. The van der Waals surface area contributed by atoms with Gasteiger partial charge in [-0.1, -0.05) is 36.4 Å². The van der Waals surface area contributed by atoms with Crippen LogP contribution in [-0.2, 0) is 6.54 Å². The number of nitrogens with zero attached hydrogens (tertiary/aromatic N) is 1. The van der Waals surface area contributed by atoms with Crippen molar-refractivity contribution < 1.29 is 0 Å². The van der Waals surface area contributed by atoms with E-state index in [0.29, 0.717) is 6.54 Å². The molecule has 0 atom stereocenters. The molecule has 1 N–H and O–H groups in total. The van der Waals surface area contributed by atoms with E-state index in [9.17, 15) is 4.79 Å². The molecule has 3 nitrogen and oxygen atoms in total. The molecule has 0 aliphatic carbocycles. The summed E-state index contributed by atoms with van der Waals surface area (Å²) in [4.78, 5) is 13.1. The van der Waals surface area contributed by atoms with Crippen molar-refractivity contribution in [2.75, 3.05) is 7.05 Å². The molecule has 2 aromatic carbocycles. The lowest BCUT2D eigenvalue weighted by atomic mass is 10.1. The highest BCUT2D eigenvalue weighted by atomic mass is 16.1. The van der Waals surface area contributed by atoms with Crippen LogP contribution in [-0.4, -0.2) is 11.6 Å². The molecule has 0 aliphatic heterocycles. The summed E-state index contributed by atoms with van der Waals surface area (Å²) in [6, 6.07) is 16.1. The zero-order valence-corrected chi connectivity index (χ0v) is 13.2. The minimum atomic E-state index is 0.0511. The highest BCUT2D eigenvalue weighted by Gasteiger charge is 2.13. The average Bonchev–Trinajstić information content (AvgIpc) is 2.49. The van der Waals surface area contributed by atoms with Crippen LogP contribution < -0.4 is 10.9 Å². The Morgan fingerprint density at radius 1 is 1.00 bits per heavy atom. The monoisotopic (exact) mass is 292 g/mol. The molecule has 0 radical (unpaired) electrons. The second-order valence-electron chi connectivity index (χ2n) is 5.63. The van der Waals surface area contributed by atoms with Gasteiger partial charge in [0, 0.05) is 12.2 Å². The van der Waals surface area contributed by atoms with Crippen LogP contribution in [0, 0.1) is 13.8 Å². The molecule has 0 aliphatic rings. The van der Waals surface area contributed by atoms with Gasteiger partial charge in [0.2, 0.25) is 0 Å². The third-order valence-corrected chi connectivity index (χ3v) is 4.05. The smallest absolute Gasteiger partial charge is 0.263 e. The van der Waals surface area contributed by atoms with Crippen LogP contribution in [0.1, 0.15) is 16.8 Å². The van der Waals surface area contributed by atoms with Gasteiger partial charge in [-0.25, -0.2) is 0 Å². The normalized spacial score (nSPS) is 11.0. The van der Waals surface area contributed by atoms with Gasteiger partial charge in [0.05, 0.1) is 11.1 Å². The number of fused-ring (bicyclic) bond motifs is 1. The molecule has 0 amide bonds. The Morgan fingerprint density at radius 2 is 1.73 bits per heavy atom. The molecule has 0 fully saturated rings. The Morgan fingerprint density at radius 3 is 2.45 bits per heavy atom. The van der Waals surface area contributed by atoms with Crippen molar-refractivity contribution in [1.82, 2.24) is 9.88 Å². The van der Waals surface area contributed by atoms with Gasteiger partial charge in [-0.3, -0.25) is 9.36 Å². The number of rotatable bonds is 3. The van der Waals surface area contributed by atoms with Crippen molar-refractivity contribution in [3.05, 3.63) is 75.7 Å². The fourth-order valence-corrected chi connectivity index (χ4v) is 2.98. The van der Waals surface area contributed by atoms with E-state index in [1.165, 1.54) is 0 Å². The highest BCUT2D eigenvalue weighted by Crippen LogP contribution is 2.20. The maximum Gasteiger partial charge on any atom is 0.263 e. The van der Waals surface area contributed by atoms with Crippen molar-refractivity contribution >= 4 is 10.8 Å². The summed E-state index contributed by atoms with van der Waals surface area (Å²) in [6.07, 6.45) is 0. The lowest BCUT2D eigenvalue weighted by molar-refractivity contribution is 0.751. The van der Waals surface area contributed by atoms with Crippen molar-refractivity contribution in [2.45, 2.75) is 20.4 Å². The number of benzene rings is 2. The minimum Gasteiger partial charge on any atom is -0.314 e. The molecule has 112 valence electrons.